The van der Waals surface area contributed by atoms with Crippen molar-refractivity contribution >= 4 is 39.2 Å². The Kier molecular flexibility index (Phi) is 4.59. The van der Waals surface area contributed by atoms with E-state index < -0.39 is 18.4 Å². The number of benzene rings is 2. The first-order valence-electron chi connectivity index (χ1n) is 6.13. The molecule has 2 rings (SSSR count). The fourth-order valence-corrected chi connectivity index (χ4v) is 2.22. The average Bonchev–Trinajstić information content (AvgIpc) is 2.47. The lowest BCUT2D eigenvalue weighted by molar-refractivity contribution is -0.135. The van der Waals surface area contributed by atoms with E-state index in [-0.39, 0.29) is 0 Å². The second-order valence-electron chi connectivity index (χ2n) is 4.36. The van der Waals surface area contributed by atoms with Crippen LogP contribution >= 0.6 is 15.9 Å². The fraction of sp³-hybridized carbons (Fsp3) is 0.0667. The Bertz CT molecular complexity index is 674. The van der Waals surface area contributed by atoms with Gasteiger partial charge in [0.05, 0.1) is 0 Å². The first kappa shape index (κ1) is 15.1. The number of amides is 1. The van der Waals surface area contributed by atoms with Gasteiger partial charge in [0.25, 0.3) is 5.91 Å². The van der Waals surface area contributed by atoms with Crippen molar-refractivity contribution in [2.24, 2.45) is 0 Å². The maximum absolute atomic E-state index is 12.5. The molecule has 0 radical (unpaired) electrons. The van der Waals surface area contributed by atoms with Crippen molar-refractivity contribution in [1.29, 1.82) is 0 Å². The van der Waals surface area contributed by atoms with Gasteiger partial charge in [-0.2, -0.15) is 0 Å². The minimum absolute atomic E-state index is 0.362. The molecule has 0 bridgehead atoms. The van der Waals surface area contributed by atoms with Gasteiger partial charge in [0.15, 0.2) is 0 Å². The van der Waals surface area contributed by atoms with Crippen molar-refractivity contribution in [2.45, 2.75) is 0 Å². The van der Waals surface area contributed by atoms with E-state index in [9.17, 15) is 9.59 Å². The number of halogens is 1. The summed E-state index contributed by atoms with van der Waals surface area (Å²) in [7, 11) is 0. The molecule has 0 aliphatic heterocycles. The average molecular weight is 349 g/mol. The molecule has 3 N–H and O–H groups in total. The molecule has 5 nitrogen and oxygen atoms in total. The van der Waals surface area contributed by atoms with E-state index in [0.29, 0.717) is 21.4 Å². The maximum atomic E-state index is 12.5. The summed E-state index contributed by atoms with van der Waals surface area (Å²) in [5.41, 5.74) is 7.09. The van der Waals surface area contributed by atoms with Crippen molar-refractivity contribution in [3.63, 3.8) is 0 Å². The highest BCUT2D eigenvalue weighted by molar-refractivity contribution is 9.10. The van der Waals surface area contributed by atoms with Gasteiger partial charge in [-0.3, -0.25) is 14.5 Å². The van der Waals surface area contributed by atoms with Gasteiger partial charge in [0.1, 0.15) is 6.54 Å². The third-order valence-corrected chi connectivity index (χ3v) is 3.54. The molecular formula is C15H13BrN2O3. The summed E-state index contributed by atoms with van der Waals surface area (Å²) < 4.78 is 0.594. The van der Waals surface area contributed by atoms with Crippen LogP contribution in [0.1, 0.15) is 10.4 Å². The van der Waals surface area contributed by atoms with Gasteiger partial charge < -0.3 is 10.8 Å². The van der Waals surface area contributed by atoms with Crippen molar-refractivity contribution in [2.75, 3.05) is 17.2 Å². The number of nitrogen functional groups attached to an aromatic ring is 1. The molecule has 0 aliphatic rings. The molecule has 2 aromatic rings. The van der Waals surface area contributed by atoms with Crippen LogP contribution in [0.4, 0.5) is 11.4 Å². The van der Waals surface area contributed by atoms with Crippen molar-refractivity contribution in [1.82, 2.24) is 0 Å². The van der Waals surface area contributed by atoms with E-state index in [1.54, 1.807) is 48.5 Å². The second kappa shape index (κ2) is 6.41. The van der Waals surface area contributed by atoms with Crippen LogP contribution in [-0.2, 0) is 4.79 Å². The normalized spacial score (nSPS) is 10.1. The van der Waals surface area contributed by atoms with Gasteiger partial charge in [-0.05, 0) is 46.3 Å². The number of nitrogens with zero attached hydrogens (tertiary/aromatic N) is 1. The lowest BCUT2D eigenvalue weighted by Gasteiger charge is -2.21. The highest BCUT2D eigenvalue weighted by Crippen LogP contribution is 2.23. The topological polar surface area (TPSA) is 83.6 Å². The van der Waals surface area contributed by atoms with Gasteiger partial charge in [0, 0.05) is 21.4 Å². The number of para-hydroxylation sites is 1. The number of carbonyl (C=O) groups is 2. The van der Waals surface area contributed by atoms with E-state index in [4.69, 9.17) is 10.8 Å². The lowest BCUT2D eigenvalue weighted by Crippen LogP contribution is -2.35. The van der Waals surface area contributed by atoms with E-state index in [1.807, 2.05) is 0 Å². The lowest BCUT2D eigenvalue weighted by atomic mass is 10.1. The number of hydrogen-bond acceptors (Lipinski definition) is 3. The van der Waals surface area contributed by atoms with E-state index >= 15 is 0 Å². The fourth-order valence-electron chi connectivity index (χ4n) is 1.84. The predicted molar refractivity (Wildman–Crippen MR) is 84.3 cm³/mol. The highest BCUT2D eigenvalue weighted by atomic mass is 79.9. The number of hydrogen-bond donors (Lipinski definition) is 2. The predicted octanol–water partition coefficient (Wildman–Crippen LogP) is 2.76. The first-order valence-corrected chi connectivity index (χ1v) is 6.92. The van der Waals surface area contributed by atoms with E-state index in [0.717, 1.165) is 0 Å². The Balaban J connectivity index is 2.38. The highest BCUT2D eigenvalue weighted by Gasteiger charge is 2.20. The molecule has 0 atom stereocenters. The summed E-state index contributed by atoms with van der Waals surface area (Å²) in [4.78, 5) is 24.8. The number of carbonyl (C=O) groups excluding carboxylic acids is 1. The Morgan fingerprint density at radius 1 is 1.14 bits per heavy atom. The van der Waals surface area contributed by atoms with Gasteiger partial charge in [-0.25, -0.2) is 0 Å². The molecule has 0 spiro atoms. The van der Waals surface area contributed by atoms with Crippen LogP contribution < -0.4 is 10.6 Å². The first-order chi connectivity index (χ1) is 9.99. The molecule has 0 fully saturated rings. The van der Waals surface area contributed by atoms with Crippen molar-refractivity contribution in [3.05, 3.63) is 58.6 Å². The summed E-state index contributed by atoms with van der Waals surface area (Å²) in [6, 6.07) is 13.4. The van der Waals surface area contributed by atoms with Gasteiger partial charge in [-0.15, -0.1) is 0 Å². The number of rotatable bonds is 4. The number of aliphatic carboxylic acids is 1. The summed E-state index contributed by atoms with van der Waals surface area (Å²) in [6.45, 7) is -0.412. The van der Waals surface area contributed by atoms with Crippen molar-refractivity contribution in [3.8, 4) is 0 Å². The Hall–Kier alpha value is -2.34. The summed E-state index contributed by atoms with van der Waals surface area (Å²) in [5.74, 6) is -1.48. The van der Waals surface area contributed by atoms with Crippen LogP contribution in [0.2, 0.25) is 0 Å². The van der Waals surface area contributed by atoms with Crippen LogP contribution in [0.25, 0.3) is 0 Å². The maximum Gasteiger partial charge on any atom is 0.323 e. The molecule has 0 aromatic heterocycles. The standard InChI is InChI=1S/C15H13BrN2O3/c16-12-8-10(6-7-13(12)17)15(21)18(9-14(19)20)11-4-2-1-3-5-11/h1-8H,9,17H2,(H,19,20). The number of anilines is 2. The van der Waals surface area contributed by atoms with Crippen LogP contribution in [0.3, 0.4) is 0 Å². The van der Waals surface area contributed by atoms with Crippen LogP contribution in [-0.4, -0.2) is 23.5 Å². The monoisotopic (exact) mass is 348 g/mol. The molecular weight excluding hydrogens is 336 g/mol. The minimum Gasteiger partial charge on any atom is -0.480 e. The molecule has 108 valence electrons. The van der Waals surface area contributed by atoms with Crippen LogP contribution in [0, 0.1) is 0 Å². The summed E-state index contributed by atoms with van der Waals surface area (Å²) in [5, 5.41) is 9.02. The van der Waals surface area contributed by atoms with Crippen LogP contribution in [0.15, 0.2) is 53.0 Å². The molecule has 2 aromatic carbocycles. The number of nitrogens with two attached hydrogens (primary N) is 1. The summed E-state index contributed by atoms with van der Waals surface area (Å²) in [6.07, 6.45) is 0. The SMILES string of the molecule is Nc1ccc(C(=O)N(CC(=O)O)c2ccccc2)cc1Br. The van der Waals surface area contributed by atoms with Gasteiger partial charge in [0.2, 0.25) is 0 Å². The zero-order chi connectivity index (χ0) is 15.4. The van der Waals surface area contributed by atoms with Gasteiger partial charge >= 0.3 is 5.97 Å². The molecule has 21 heavy (non-hydrogen) atoms. The minimum atomic E-state index is -1.08. The second-order valence-corrected chi connectivity index (χ2v) is 5.21. The van der Waals surface area contributed by atoms with Crippen LogP contribution in [0.5, 0.6) is 0 Å². The molecule has 0 unspecified atom stereocenters. The quantitative estimate of drug-likeness (QED) is 0.832. The summed E-state index contributed by atoms with van der Waals surface area (Å²) >= 11 is 3.26. The number of carboxylic acids is 1. The molecule has 0 aliphatic carbocycles. The van der Waals surface area contributed by atoms with E-state index in [1.165, 1.54) is 4.90 Å². The molecule has 0 heterocycles. The smallest absolute Gasteiger partial charge is 0.323 e. The van der Waals surface area contributed by atoms with Crippen molar-refractivity contribution < 1.29 is 14.7 Å². The largest absolute Gasteiger partial charge is 0.480 e. The third kappa shape index (κ3) is 3.61. The number of carboxylic acid groups (broad SMARTS) is 1. The Morgan fingerprint density at radius 2 is 1.81 bits per heavy atom. The van der Waals surface area contributed by atoms with E-state index in [2.05, 4.69) is 15.9 Å². The molecule has 1 amide bonds. The molecule has 6 heteroatoms. The molecule has 0 saturated carbocycles. The zero-order valence-corrected chi connectivity index (χ0v) is 12.6. The third-order valence-electron chi connectivity index (χ3n) is 2.85. The zero-order valence-electron chi connectivity index (χ0n) is 11.0. The molecule has 0 saturated heterocycles. The Morgan fingerprint density at radius 3 is 2.38 bits per heavy atom. The van der Waals surface area contributed by atoms with Gasteiger partial charge in [-0.1, -0.05) is 18.2 Å². The Labute approximate surface area is 130 Å².